The van der Waals surface area contributed by atoms with Gasteiger partial charge in [-0.15, -0.1) is 11.3 Å². The van der Waals surface area contributed by atoms with Gasteiger partial charge in [0.25, 0.3) is 0 Å². The lowest BCUT2D eigenvalue weighted by Crippen LogP contribution is -2.51. The highest BCUT2D eigenvalue weighted by Gasteiger charge is 2.04. The number of carboxylic acids is 1. The number of hydrogen-bond acceptors (Lipinski definition) is 5. The topological polar surface area (TPSA) is 106 Å². The first-order valence-corrected chi connectivity index (χ1v) is 7.46. The molecule has 0 aliphatic heterocycles. The highest BCUT2D eigenvalue weighted by molar-refractivity contribution is 7.18. The highest BCUT2D eigenvalue weighted by Crippen LogP contribution is 2.30. The molecule has 1 rings (SSSR count). The number of rotatable bonds is 7. The smallest absolute Gasteiger partial charge is 0.112 e. The Bertz CT molecular complexity index is 349. The number of quaternary nitrogens is 1. The Kier molecular flexibility index (Phi) is 11.2. The van der Waals surface area contributed by atoms with E-state index in [1.54, 1.807) is 0 Å². The monoisotopic (exact) mass is 327 g/mol. The molecular weight excluding hydrogens is 309 g/mol. The molecule has 0 aromatic carbocycles. The third kappa shape index (κ3) is 9.21. The van der Waals surface area contributed by atoms with E-state index in [4.69, 9.17) is 28.9 Å². The average Bonchev–Trinajstić information content (AvgIpc) is 2.71. The van der Waals surface area contributed by atoms with Gasteiger partial charge in [-0.25, -0.2) is 0 Å². The second kappa shape index (κ2) is 11.5. The minimum atomic E-state index is -1.25. The lowest BCUT2D eigenvalue weighted by Gasteiger charge is -1.99. The maximum atomic E-state index is 10.1. The number of halogens is 2. The number of nitrogens with two attached hydrogens (primary N) is 1. The first-order valence-electron chi connectivity index (χ1n) is 5.89. The van der Waals surface area contributed by atoms with E-state index in [-0.39, 0.29) is 14.2 Å². The van der Waals surface area contributed by atoms with Crippen LogP contribution in [0, 0.1) is 0 Å². The minimum Gasteiger partial charge on any atom is -0.544 e. The van der Waals surface area contributed by atoms with Crippen LogP contribution in [0.25, 0.3) is 0 Å². The normalized spacial score (nSPS) is 9.89. The summed E-state index contributed by atoms with van der Waals surface area (Å²) in [6.45, 7) is 3.95. The molecule has 0 unspecified atom stereocenters. The highest BCUT2D eigenvalue weighted by atomic mass is 35.5. The van der Waals surface area contributed by atoms with Crippen LogP contribution in [0.5, 0.6) is 0 Å². The van der Waals surface area contributed by atoms with Crippen molar-refractivity contribution in [3.8, 4) is 0 Å². The van der Waals surface area contributed by atoms with Crippen molar-refractivity contribution >= 4 is 40.5 Å². The van der Waals surface area contributed by atoms with Gasteiger partial charge in [0, 0.05) is 13.0 Å². The largest absolute Gasteiger partial charge is 0.544 e. The molecule has 110 valence electrons. The first-order chi connectivity index (χ1) is 9.02. The van der Waals surface area contributed by atoms with Gasteiger partial charge >= 0.3 is 0 Å². The molecule has 0 radical (unpaired) electrons. The van der Waals surface area contributed by atoms with Crippen molar-refractivity contribution in [2.75, 3.05) is 26.2 Å². The number of thiophene rings is 1. The van der Waals surface area contributed by atoms with Gasteiger partial charge in [-0.05, 0) is 25.6 Å². The maximum absolute atomic E-state index is 10.1. The number of carboxylic acid groups (broad SMARTS) is 1. The molecule has 0 bridgehead atoms. The van der Waals surface area contributed by atoms with Gasteiger partial charge < -0.3 is 26.7 Å². The number of carbonyl (C=O) groups excluding carboxylic acids is 1. The molecule has 8 heteroatoms. The van der Waals surface area contributed by atoms with Crippen LogP contribution in [0.15, 0.2) is 6.07 Å². The van der Waals surface area contributed by atoms with Crippen LogP contribution in [0.3, 0.4) is 0 Å². The molecule has 5 nitrogen and oxygen atoms in total. The van der Waals surface area contributed by atoms with Gasteiger partial charge in [0.1, 0.15) is 4.34 Å². The van der Waals surface area contributed by atoms with E-state index in [1.165, 1.54) is 12.5 Å². The minimum absolute atomic E-state index is 0.0509. The van der Waals surface area contributed by atoms with Crippen molar-refractivity contribution in [1.29, 1.82) is 0 Å². The molecule has 19 heavy (non-hydrogen) atoms. The van der Waals surface area contributed by atoms with E-state index in [0.717, 1.165) is 43.9 Å². The molecule has 0 atom stereocenters. The zero-order valence-corrected chi connectivity index (χ0v) is 12.9. The van der Waals surface area contributed by atoms with Crippen molar-refractivity contribution in [3.63, 3.8) is 0 Å². The fourth-order valence-electron chi connectivity index (χ4n) is 1.05. The van der Waals surface area contributed by atoms with E-state index >= 15 is 0 Å². The van der Waals surface area contributed by atoms with Crippen molar-refractivity contribution in [1.82, 2.24) is 5.32 Å². The van der Waals surface area contributed by atoms with Gasteiger partial charge in [0.05, 0.1) is 22.4 Å². The van der Waals surface area contributed by atoms with Crippen LogP contribution < -0.4 is 21.9 Å². The zero-order valence-electron chi connectivity index (χ0n) is 10.6. The molecule has 0 fully saturated rings. The molecule has 0 aliphatic rings. The molecule has 6 N–H and O–H groups in total. The van der Waals surface area contributed by atoms with E-state index in [1.807, 2.05) is 0 Å². The van der Waals surface area contributed by atoms with Crippen molar-refractivity contribution < 1.29 is 15.6 Å². The SMILES string of the molecule is NCCCNCCC[NH3+].O=C([O-])c1cc(Cl)c(Cl)s1. The van der Waals surface area contributed by atoms with E-state index in [0.29, 0.717) is 0 Å². The average molecular weight is 328 g/mol. The van der Waals surface area contributed by atoms with Crippen LogP contribution >= 0.6 is 34.5 Å². The quantitative estimate of drug-likeness (QED) is 0.611. The standard InChI is InChI=1S/C6H17N3.C5H2Cl2O2S/c7-3-1-5-9-6-2-4-8;6-2-1-3(5(8)9)10-4(2)7/h9H,1-8H2;1H,(H,8,9). The van der Waals surface area contributed by atoms with Gasteiger partial charge in [-0.3, -0.25) is 0 Å². The lowest BCUT2D eigenvalue weighted by molar-refractivity contribution is -0.367. The summed E-state index contributed by atoms with van der Waals surface area (Å²) in [4.78, 5) is 10.2. The maximum Gasteiger partial charge on any atom is 0.112 e. The molecule has 0 saturated heterocycles. The van der Waals surface area contributed by atoms with Crippen LogP contribution in [0.2, 0.25) is 9.36 Å². The zero-order chi connectivity index (χ0) is 14.7. The Morgan fingerprint density at radius 3 is 2.42 bits per heavy atom. The Balaban J connectivity index is 0.000000344. The summed E-state index contributed by atoms with van der Waals surface area (Å²) >= 11 is 11.8. The second-order valence-electron chi connectivity index (χ2n) is 3.62. The van der Waals surface area contributed by atoms with Gasteiger partial charge in [0.2, 0.25) is 0 Å². The molecule has 0 spiro atoms. The summed E-state index contributed by atoms with van der Waals surface area (Å²) in [7, 11) is 0. The Labute approximate surface area is 126 Å². The fraction of sp³-hybridized carbons (Fsp3) is 0.545. The van der Waals surface area contributed by atoms with E-state index < -0.39 is 5.97 Å². The molecule has 0 amide bonds. The van der Waals surface area contributed by atoms with Crippen LogP contribution in [-0.4, -0.2) is 32.1 Å². The summed E-state index contributed by atoms with van der Waals surface area (Å²) in [5.74, 6) is -1.25. The summed E-state index contributed by atoms with van der Waals surface area (Å²) in [6.07, 6.45) is 2.25. The summed E-state index contributed by atoms with van der Waals surface area (Å²) in [5.41, 5.74) is 9.03. The predicted molar refractivity (Wildman–Crippen MR) is 77.6 cm³/mol. The third-order valence-electron chi connectivity index (χ3n) is 2.01. The van der Waals surface area contributed by atoms with Gasteiger partial charge in [-0.2, -0.15) is 0 Å². The molecule has 1 aromatic heterocycles. The second-order valence-corrected chi connectivity index (χ2v) is 5.68. The number of carbonyl (C=O) groups is 1. The van der Waals surface area contributed by atoms with Crippen molar-refractivity contribution in [2.45, 2.75) is 12.8 Å². The van der Waals surface area contributed by atoms with E-state index in [9.17, 15) is 9.90 Å². The number of nitrogens with one attached hydrogen (secondary N) is 1. The Hall–Kier alpha value is -0.370. The number of hydrogen-bond donors (Lipinski definition) is 3. The molecule has 0 saturated carbocycles. The molecule has 0 aliphatic carbocycles. The summed E-state index contributed by atoms with van der Waals surface area (Å²) in [5, 5.41) is 13.7. The van der Waals surface area contributed by atoms with Crippen LogP contribution in [-0.2, 0) is 0 Å². The van der Waals surface area contributed by atoms with Gasteiger partial charge in [0.15, 0.2) is 0 Å². The molecular formula is C11H19Cl2N3O2S. The first kappa shape index (κ1) is 18.6. The van der Waals surface area contributed by atoms with Gasteiger partial charge in [-0.1, -0.05) is 23.2 Å². The summed E-state index contributed by atoms with van der Waals surface area (Å²) < 4.78 is 0.279. The van der Waals surface area contributed by atoms with E-state index in [2.05, 4.69) is 11.1 Å². The Morgan fingerprint density at radius 2 is 2.05 bits per heavy atom. The number of aromatic carboxylic acids is 1. The Morgan fingerprint density at radius 1 is 1.42 bits per heavy atom. The predicted octanol–water partition coefficient (Wildman–Crippen LogP) is -0.0248. The fourth-order valence-corrected chi connectivity index (χ4v) is 2.25. The molecule has 1 heterocycles. The van der Waals surface area contributed by atoms with Crippen LogP contribution in [0.4, 0.5) is 0 Å². The van der Waals surface area contributed by atoms with Crippen molar-refractivity contribution in [3.05, 3.63) is 20.3 Å². The third-order valence-corrected chi connectivity index (χ3v) is 3.85. The lowest BCUT2D eigenvalue weighted by atomic mass is 10.4. The molecule has 1 aromatic rings. The van der Waals surface area contributed by atoms with Crippen LogP contribution in [0.1, 0.15) is 22.5 Å². The summed E-state index contributed by atoms with van der Waals surface area (Å²) in [6, 6.07) is 1.27. The van der Waals surface area contributed by atoms with Crippen molar-refractivity contribution in [2.24, 2.45) is 5.73 Å².